The molecule has 0 aliphatic heterocycles. The molecular weight excluding hydrogens is 472 g/mol. The van der Waals surface area contributed by atoms with E-state index in [0.29, 0.717) is 10.8 Å². The van der Waals surface area contributed by atoms with Crippen molar-refractivity contribution in [3.8, 4) is 56.8 Å². The van der Waals surface area contributed by atoms with Crippen LogP contribution in [0.3, 0.4) is 0 Å². The third-order valence-corrected chi connectivity index (χ3v) is 6.35. The van der Waals surface area contributed by atoms with Gasteiger partial charge in [0.2, 0.25) is 0 Å². The molecule has 0 N–H and O–H groups in total. The minimum atomic E-state index is 0.562. The molecule has 4 aromatic carbocycles. The smallest absolute Gasteiger partial charge is 0.145 e. The molecule has 5 rings (SSSR count). The molecule has 0 saturated heterocycles. The van der Waals surface area contributed by atoms with E-state index in [2.05, 4.69) is 16.7 Å². The Morgan fingerprint density at radius 3 is 1.81 bits per heavy atom. The summed E-state index contributed by atoms with van der Waals surface area (Å²) in [5.41, 5.74) is 5.43. The fourth-order valence-electron chi connectivity index (χ4n) is 4.20. The summed E-state index contributed by atoms with van der Waals surface area (Å²) in [6.07, 6.45) is 0. The molecule has 1 heterocycles. The van der Waals surface area contributed by atoms with Gasteiger partial charge in [-0.25, -0.2) is 4.98 Å². The first kappa shape index (κ1) is 23.5. The molecule has 0 unspecified atom stereocenters. The minimum absolute atomic E-state index is 0.562. The Labute approximate surface area is 215 Å². The van der Waals surface area contributed by atoms with E-state index in [9.17, 15) is 0 Å². The number of imidazole rings is 1. The van der Waals surface area contributed by atoms with E-state index in [-0.39, 0.29) is 0 Å². The third-order valence-electron chi connectivity index (χ3n) is 6.03. The summed E-state index contributed by atoms with van der Waals surface area (Å²) >= 11 is 6.77. The van der Waals surface area contributed by atoms with E-state index in [1.54, 1.807) is 21.3 Å². The van der Waals surface area contributed by atoms with E-state index in [4.69, 9.17) is 30.8 Å². The summed E-state index contributed by atoms with van der Waals surface area (Å²) in [7, 11) is 4.94. The monoisotopic (exact) mass is 496 g/mol. The molecule has 0 bridgehead atoms. The second kappa shape index (κ2) is 10.2. The summed E-state index contributed by atoms with van der Waals surface area (Å²) in [6, 6.07) is 31.7. The molecule has 0 radical (unpaired) electrons. The summed E-state index contributed by atoms with van der Waals surface area (Å²) in [4.78, 5) is 5.18. The minimum Gasteiger partial charge on any atom is -0.497 e. The van der Waals surface area contributed by atoms with Crippen LogP contribution >= 0.6 is 11.6 Å². The molecule has 180 valence electrons. The quantitative estimate of drug-likeness (QED) is 0.233. The van der Waals surface area contributed by atoms with Gasteiger partial charge in [0, 0.05) is 22.4 Å². The van der Waals surface area contributed by atoms with E-state index >= 15 is 0 Å². The summed E-state index contributed by atoms with van der Waals surface area (Å²) in [5.74, 6) is 3.03. The molecule has 0 amide bonds. The van der Waals surface area contributed by atoms with Crippen LogP contribution in [0, 0.1) is 0 Å². The SMILES string of the molecule is COc1ccc(-c2nc(-c3ccc(OC)cc3Cl)c(-c3ccccc3)n2-c2ccc(OC)cc2)cc1. The van der Waals surface area contributed by atoms with Gasteiger partial charge in [-0.3, -0.25) is 4.57 Å². The van der Waals surface area contributed by atoms with Crippen LogP contribution in [-0.4, -0.2) is 30.9 Å². The number of hydrogen-bond donors (Lipinski definition) is 0. The zero-order chi connectivity index (χ0) is 25.1. The van der Waals surface area contributed by atoms with Crippen LogP contribution in [0.1, 0.15) is 0 Å². The van der Waals surface area contributed by atoms with Gasteiger partial charge in [0.1, 0.15) is 23.1 Å². The van der Waals surface area contributed by atoms with Crippen LogP contribution in [0.15, 0.2) is 97.1 Å². The van der Waals surface area contributed by atoms with Crippen LogP contribution in [0.5, 0.6) is 17.2 Å². The van der Waals surface area contributed by atoms with Crippen molar-refractivity contribution in [2.24, 2.45) is 0 Å². The zero-order valence-electron chi connectivity index (χ0n) is 20.2. The Bertz CT molecular complexity index is 1480. The van der Waals surface area contributed by atoms with Crippen LogP contribution in [0.2, 0.25) is 5.02 Å². The van der Waals surface area contributed by atoms with Crippen molar-refractivity contribution < 1.29 is 14.2 Å². The van der Waals surface area contributed by atoms with Gasteiger partial charge in [0.15, 0.2) is 0 Å². The second-order valence-corrected chi connectivity index (χ2v) is 8.51. The van der Waals surface area contributed by atoms with E-state index in [0.717, 1.165) is 51.1 Å². The number of aromatic nitrogens is 2. The van der Waals surface area contributed by atoms with Crippen molar-refractivity contribution >= 4 is 11.6 Å². The highest BCUT2D eigenvalue weighted by atomic mass is 35.5. The molecule has 1 aromatic heterocycles. The third kappa shape index (κ3) is 4.41. The van der Waals surface area contributed by atoms with Crippen molar-refractivity contribution in [3.05, 3.63) is 102 Å². The van der Waals surface area contributed by atoms with Gasteiger partial charge in [-0.15, -0.1) is 0 Å². The lowest BCUT2D eigenvalue weighted by molar-refractivity contribution is 0.414. The zero-order valence-corrected chi connectivity index (χ0v) is 21.0. The number of rotatable bonds is 7. The lowest BCUT2D eigenvalue weighted by atomic mass is 10.0. The van der Waals surface area contributed by atoms with Gasteiger partial charge in [0.05, 0.1) is 37.7 Å². The average Bonchev–Trinajstić information content (AvgIpc) is 3.33. The first-order valence-electron chi connectivity index (χ1n) is 11.4. The summed E-state index contributed by atoms with van der Waals surface area (Å²) in [5, 5.41) is 0.562. The Kier molecular flexibility index (Phi) is 6.65. The number of hydrogen-bond acceptors (Lipinski definition) is 4. The van der Waals surface area contributed by atoms with Gasteiger partial charge < -0.3 is 14.2 Å². The van der Waals surface area contributed by atoms with Gasteiger partial charge in [-0.1, -0.05) is 41.9 Å². The second-order valence-electron chi connectivity index (χ2n) is 8.11. The molecule has 0 fully saturated rings. The molecule has 5 nitrogen and oxygen atoms in total. The van der Waals surface area contributed by atoms with Crippen LogP contribution in [-0.2, 0) is 0 Å². The Hall–Kier alpha value is -4.22. The normalized spacial score (nSPS) is 10.8. The highest BCUT2D eigenvalue weighted by molar-refractivity contribution is 6.33. The van der Waals surface area contributed by atoms with Crippen molar-refractivity contribution in [2.45, 2.75) is 0 Å². The molecule has 6 heteroatoms. The van der Waals surface area contributed by atoms with Crippen molar-refractivity contribution in [2.75, 3.05) is 21.3 Å². The molecule has 0 aliphatic rings. The lowest BCUT2D eigenvalue weighted by Crippen LogP contribution is -2.00. The number of ether oxygens (including phenoxy) is 3. The highest BCUT2D eigenvalue weighted by Gasteiger charge is 2.24. The maximum Gasteiger partial charge on any atom is 0.145 e. The van der Waals surface area contributed by atoms with Gasteiger partial charge in [-0.05, 0) is 66.7 Å². The van der Waals surface area contributed by atoms with Gasteiger partial charge in [-0.2, -0.15) is 0 Å². The Balaban J connectivity index is 1.84. The topological polar surface area (TPSA) is 45.5 Å². The summed E-state index contributed by atoms with van der Waals surface area (Å²) in [6.45, 7) is 0. The highest BCUT2D eigenvalue weighted by Crippen LogP contribution is 2.42. The number of benzene rings is 4. The fraction of sp³-hybridized carbons (Fsp3) is 0.100. The van der Waals surface area contributed by atoms with Crippen molar-refractivity contribution in [1.82, 2.24) is 9.55 Å². The molecule has 0 atom stereocenters. The number of nitrogens with zero attached hydrogens (tertiary/aromatic N) is 2. The standard InChI is InChI=1S/C30H25ClN2O3/c1-34-23-13-9-21(10-14-23)30-32-28(26-18-17-25(36-3)19-27(26)31)29(20-7-5-4-6-8-20)33(30)22-11-15-24(35-2)16-12-22/h4-19H,1-3H3. The van der Waals surface area contributed by atoms with Gasteiger partial charge in [0.25, 0.3) is 0 Å². The molecule has 0 saturated carbocycles. The molecule has 0 spiro atoms. The lowest BCUT2D eigenvalue weighted by Gasteiger charge is -2.15. The fourth-order valence-corrected chi connectivity index (χ4v) is 4.46. The largest absolute Gasteiger partial charge is 0.497 e. The van der Waals surface area contributed by atoms with E-state index in [1.807, 2.05) is 84.9 Å². The molecule has 36 heavy (non-hydrogen) atoms. The Morgan fingerprint density at radius 1 is 0.639 bits per heavy atom. The predicted molar refractivity (Wildman–Crippen MR) is 145 cm³/mol. The van der Waals surface area contributed by atoms with Gasteiger partial charge >= 0.3 is 0 Å². The molecular formula is C30H25ClN2O3. The van der Waals surface area contributed by atoms with Crippen LogP contribution in [0.25, 0.3) is 39.6 Å². The summed E-state index contributed by atoms with van der Waals surface area (Å²) < 4.78 is 18.3. The average molecular weight is 497 g/mol. The maximum atomic E-state index is 6.77. The van der Waals surface area contributed by atoms with Crippen molar-refractivity contribution in [1.29, 1.82) is 0 Å². The first-order valence-corrected chi connectivity index (χ1v) is 11.8. The van der Waals surface area contributed by atoms with E-state index < -0.39 is 0 Å². The Morgan fingerprint density at radius 2 is 1.22 bits per heavy atom. The van der Waals surface area contributed by atoms with Crippen LogP contribution in [0.4, 0.5) is 0 Å². The van der Waals surface area contributed by atoms with Crippen LogP contribution < -0.4 is 14.2 Å². The molecule has 5 aromatic rings. The molecule has 0 aliphatic carbocycles. The number of halogens is 1. The maximum absolute atomic E-state index is 6.77. The number of methoxy groups -OCH3 is 3. The van der Waals surface area contributed by atoms with E-state index in [1.165, 1.54) is 0 Å². The van der Waals surface area contributed by atoms with Crippen molar-refractivity contribution in [3.63, 3.8) is 0 Å². The predicted octanol–water partition coefficient (Wildman–Crippen LogP) is 7.55. The first-order chi connectivity index (χ1) is 17.6.